The first-order chi connectivity index (χ1) is 12.2. The van der Waals surface area contributed by atoms with E-state index in [0.717, 1.165) is 17.7 Å². The van der Waals surface area contributed by atoms with Gasteiger partial charge in [-0.3, -0.25) is 4.79 Å². The van der Waals surface area contributed by atoms with E-state index in [1.165, 1.54) is 0 Å². The molecule has 0 spiro atoms. The number of ether oxygens (including phenoxy) is 1. The molecule has 5 heteroatoms. The van der Waals surface area contributed by atoms with Crippen molar-refractivity contribution in [2.24, 2.45) is 0 Å². The third kappa shape index (κ3) is 3.74. The Morgan fingerprint density at radius 2 is 2.04 bits per heavy atom. The first kappa shape index (κ1) is 16.8. The minimum absolute atomic E-state index is 0.102. The van der Waals surface area contributed by atoms with Gasteiger partial charge in [-0.15, -0.1) is 0 Å². The van der Waals surface area contributed by atoms with Crippen molar-refractivity contribution in [1.82, 2.24) is 5.32 Å². The van der Waals surface area contributed by atoms with E-state index in [1.54, 1.807) is 0 Å². The van der Waals surface area contributed by atoms with Gasteiger partial charge in [0.15, 0.2) is 6.10 Å². The summed E-state index contributed by atoms with van der Waals surface area (Å²) in [6.07, 6.45) is 0.324. The van der Waals surface area contributed by atoms with Gasteiger partial charge < -0.3 is 15.0 Å². The second-order valence-electron chi connectivity index (χ2n) is 6.01. The lowest BCUT2D eigenvalue weighted by atomic mass is 10.1. The predicted octanol–water partition coefficient (Wildman–Crippen LogP) is 2.85. The molecule has 2 aromatic carbocycles. The highest BCUT2D eigenvalue weighted by Gasteiger charge is 2.30. The number of nitrogens with zero attached hydrogens (tertiary/aromatic N) is 2. The summed E-state index contributed by atoms with van der Waals surface area (Å²) >= 11 is 0. The zero-order valence-corrected chi connectivity index (χ0v) is 14.2. The van der Waals surface area contributed by atoms with Crippen LogP contribution in [0.1, 0.15) is 24.5 Å². The maximum atomic E-state index is 12.4. The van der Waals surface area contributed by atoms with Crippen molar-refractivity contribution in [3.8, 4) is 11.8 Å². The second-order valence-corrected chi connectivity index (χ2v) is 6.01. The van der Waals surface area contributed by atoms with Crippen molar-refractivity contribution in [1.29, 1.82) is 5.26 Å². The monoisotopic (exact) mass is 335 g/mol. The maximum absolute atomic E-state index is 12.4. The Kier molecular flexibility index (Phi) is 5.20. The standard InChI is InChI=1S/C20H21N3O2/c1-2-11-22-20(24)19-14-23(17-9-5-6-10-18(17)25-19)13-16-8-4-3-7-15(16)12-21/h3-10,19H,2,11,13-14H2,1H3,(H,22,24)/t19-/m1/s1. The van der Waals surface area contributed by atoms with E-state index >= 15 is 0 Å². The van der Waals surface area contributed by atoms with Crippen molar-refractivity contribution in [2.75, 3.05) is 18.0 Å². The van der Waals surface area contributed by atoms with Gasteiger partial charge >= 0.3 is 0 Å². The third-order valence-corrected chi connectivity index (χ3v) is 4.20. The van der Waals surface area contributed by atoms with Gasteiger partial charge in [0.05, 0.1) is 23.9 Å². The molecule has 0 saturated heterocycles. The maximum Gasteiger partial charge on any atom is 0.262 e. The fourth-order valence-corrected chi connectivity index (χ4v) is 2.93. The molecule has 1 amide bonds. The summed E-state index contributed by atoms with van der Waals surface area (Å²) in [5, 5.41) is 12.2. The van der Waals surface area contributed by atoms with Gasteiger partial charge in [-0.1, -0.05) is 37.3 Å². The summed E-state index contributed by atoms with van der Waals surface area (Å²) in [5.74, 6) is 0.592. The molecule has 0 aromatic heterocycles. The molecule has 25 heavy (non-hydrogen) atoms. The molecule has 1 N–H and O–H groups in total. The molecule has 0 fully saturated rings. The van der Waals surface area contributed by atoms with E-state index in [0.29, 0.717) is 30.9 Å². The number of rotatable bonds is 5. The van der Waals surface area contributed by atoms with Crippen LogP contribution in [0.4, 0.5) is 5.69 Å². The molecule has 128 valence electrons. The molecule has 0 aliphatic carbocycles. The van der Waals surface area contributed by atoms with Gasteiger partial charge in [0.1, 0.15) is 5.75 Å². The van der Waals surface area contributed by atoms with Crippen molar-refractivity contribution in [3.05, 3.63) is 59.7 Å². The average molecular weight is 335 g/mol. The Hall–Kier alpha value is -3.00. The molecule has 1 atom stereocenters. The third-order valence-electron chi connectivity index (χ3n) is 4.20. The number of carbonyl (C=O) groups is 1. The summed E-state index contributed by atoms with van der Waals surface area (Å²) in [7, 11) is 0. The number of nitriles is 1. The van der Waals surface area contributed by atoms with E-state index in [1.807, 2.05) is 55.5 Å². The number of hydrogen-bond acceptors (Lipinski definition) is 4. The Morgan fingerprint density at radius 1 is 1.28 bits per heavy atom. The number of hydrogen-bond donors (Lipinski definition) is 1. The van der Waals surface area contributed by atoms with E-state index in [4.69, 9.17) is 4.74 Å². The predicted molar refractivity (Wildman–Crippen MR) is 96.4 cm³/mol. The van der Waals surface area contributed by atoms with Gasteiger partial charge in [-0.25, -0.2) is 0 Å². The Bertz CT molecular complexity index is 798. The number of para-hydroxylation sites is 2. The van der Waals surface area contributed by atoms with Gasteiger partial charge in [-0.05, 0) is 30.2 Å². The molecule has 0 saturated carbocycles. The molecule has 3 rings (SSSR count). The molecule has 1 aliphatic heterocycles. The largest absolute Gasteiger partial charge is 0.477 e. The van der Waals surface area contributed by atoms with Crippen molar-refractivity contribution in [2.45, 2.75) is 26.0 Å². The van der Waals surface area contributed by atoms with E-state index < -0.39 is 6.10 Å². The molecular weight excluding hydrogens is 314 g/mol. The van der Waals surface area contributed by atoms with Crippen molar-refractivity contribution in [3.63, 3.8) is 0 Å². The number of fused-ring (bicyclic) bond motifs is 1. The quantitative estimate of drug-likeness (QED) is 0.912. The van der Waals surface area contributed by atoms with Crippen LogP contribution >= 0.6 is 0 Å². The second kappa shape index (κ2) is 7.71. The van der Waals surface area contributed by atoms with Crippen LogP contribution in [-0.2, 0) is 11.3 Å². The zero-order chi connectivity index (χ0) is 17.6. The normalized spacial score (nSPS) is 15.7. The minimum Gasteiger partial charge on any atom is -0.477 e. The molecule has 2 aromatic rings. The Labute approximate surface area is 147 Å². The van der Waals surface area contributed by atoms with Crippen LogP contribution in [0.25, 0.3) is 0 Å². The summed E-state index contributed by atoms with van der Waals surface area (Å²) < 4.78 is 5.90. The SMILES string of the molecule is CCCNC(=O)[C@H]1CN(Cc2ccccc2C#N)c2ccccc2O1. The number of anilines is 1. The summed E-state index contributed by atoms with van der Waals surface area (Å²) in [5.41, 5.74) is 2.53. The Morgan fingerprint density at radius 3 is 2.84 bits per heavy atom. The van der Waals surface area contributed by atoms with Crippen molar-refractivity contribution >= 4 is 11.6 Å². The van der Waals surface area contributed by atoms with E-state index in [9.17, 15) is 10.1 Å². The van der Waals surface area contributed by atoms with Crippen LogP contribution < -0.4 is 15.0 Å². The topological polar surface area (TPSA) is 65.4 Å². The highest BCUT2D eigenvalue weighted by atomic mass is 16.5. The summed E-state index contributed by atoms with van der Waals surface area (Å²) in [6, 6.07) is 17.5. The number of amides is 1. The van der Waals surface area contributed by atoms with Crippen LogP contribution in [0.3, 0.4) is 0 Å². The fourth-order valence-electron chi connectivity index (χ4n) is 2.93. The minimum atomic E-state index is -0.560. The van der Waals surface area contributed by atoms with Gasteiger partial charge in [0.25, 0.3) is 5.91 Å². The summed E-state index contributed by atoms with van der Waals surface area (Å²) in [6.45, 7) is 3.66. The number of carbonyl (C=O) groups excluding carboxylic acids is 1. The van der Waals surface area contributed by atoms with Crippen LogP contribution in [0.15, 0.2) is 48.5 Å². The first-order valence-corrected chi connectivity index (χ1v) is 8.49. The van der Waals surface area contributed by atoms with Crippen LogP contribution in [0.2, 0.25) is 0 Å². The van der Waals surface area contributed by atoms with Crippen LogP contribution in [0.5, 0.6) is 5.75 Å². The van der Waals surface area contributed by atoms with Gasteiger partial charge in [0.2, 0.25) is 0 Å². The lowest BCUT2D eigenvalue weighted by Crippen LogP contribution is -2.49. The Balaban J connectivity index is 1.86. The smallest absolute Gasteiger partial charge is 0.262 e. The van der Waals surface area contributed by atoms with Gasteiger partial charge in [0, 0.05) is 13.1 Å². The molecule has 0 unspecified atom stereocenters. The fraction of sp³-hybridized carbons (Fsp3) is 0.300. The molecule has 1 heterocycles. The molecule has 0 bridgehead atoms. The van der Waals surface area contributed by atoms with E-state index in [-0.39, 0.29) is 5.91 Å². The van der Waals surface area contributed by atoms with Crippen molar-refractivity contribution < 1.29 is 9.53 Å². The average Bonchev–Trinajstić information content (AvgIpc) is 2.66. The molecule has 0 radical (unpaired) electrons. The number of nitrogens with one attached hydrogen (secondary N) is 1. The molecular formula is C20H21N3O2. The highest BCUT2D eigenvalue weighted by Crippen LogP contribution is 2.34. The van der Waals surface area contributed by atoms with Crippen LogP contribution in [0, 0.1) is 11.3 Å². The number of benzene rings is 2. The lowest BCUT2D eigenvalue weighted by Gasteiger charge is -2.35. The zero-order valence-electron chi connectivity index (χ0n) is 14.2. The molecule has 1 aliphatic rings. The molecule has 5 nitrogen and oxygen atoms in total. The highest BCUT2D eigenvalue weighted by molar-refractivity contribution is 5.83. The van der Waals surface area contributed by atoms with E-state index in [2.05, 4.69) is 16.3 Å². The van der Waals surface area contributed by atoms with Crippen LogP contribution in [-0.4, -0.2) is 25.1 Å². The summed E-state index contributed by atoms with van der Waals surface area (Å²) in [4.78, 5) is 14.5. The lowest BCUT2D eigenvalue weighted by molar-refractivity contribution is -0.127. The first-order valence-electron chi connectivity index (χ1n) is 8.49. The van der Waals surface area contributed by atoms with Gasteiger partial charge in [-0.2, -0.15) is 5.26 Å².